The van der Waals surface area contributed by atoms with Gasteiger partial charge in [0, 0.05) is 18.1 Å². The third kappa shape index (κ3) is 3.41. The molecule has 2 rings (SSSR count). The quantitative estimate of drug-likeness (QED) is 0.829. The molecule has 1 unspecified atom stereocenters. The third-order valence-corrected chi connectivity index (χ3v) is 3.93. The van der Waals surface area contributed by atoms with E-state index in [1.807, 2.05) is 4.90 Å². The second-order valence-corrected chi connectivity index (χ2v) is 5.61. The third-order valence-electron chi connectivity index (χ3n) is 3.70. The molecule has 1 aliphatic rings. The van der Waals surface area contributed by atoms with Gasteiger partial charge in [-0.15, -0.1) is 0 Å². The Hall–Kier alpha value is -1.22. The van der Waals surface area contributed by atoms with Crippen LogP contribution >= 0.6 is 11.6 Å². The number of rotatable bonds is 2. The summed E-state index contributed by atoms with van der Waals surface area (Å²) in [5, 5.41) is 0.562. The zero-order valence-corrected chi connectivity index (χ0v) is 12.2. The summed E-state index contributed by atoms with van der Waals surface area (Å²) < 4.78 is 5.26. The number of hydrogen-bond donors (Lipinski definition) is 0. The Labute approximate surface area is 119 Å². The Bertz CT molecular complexity index is 461. The first kappa shape index (κ1) is 14.2. The molecule has 104 valence electrons. The van der Waals surface area contributed by atoms with Crippen molar-refractivity contribution in [3.05, 3.63) is 28.8 Å². The molecule has 19 heavy (non-hydrogen) atoms. The molecule has 0 spiro atoms. The second-order valence-electron chi connectivity index (χ2n) is 5.17. The molecule has 0 N–H and O–H groups in total. The highest BCUT2D eigenvalue weighted by molar-refractivity contribution is 6.31. The van der Waals surface area contributed by atoms with Crippen molar-refractivity contribution in [1.82, 2.24) is 4.90 Å². The van der Waals surface area contributed by atoms with Gasteiger partial charge in [-0.1, -0.05) is 18.5 Å². The van der Waals surface area contributed by atoms with Crippen LogP contribution in [0.2, 0.25) is 5.02 Å². The molecule has 4 heteroatoms. The minimum Gasteiger partial charge on any atom is -0.496 e. The largest absolute Gasteiger partial charge is 0.496 e. The van der Waals surface area contributed by atoms with Gasteiger partial charge in [0.1, 0.15) is 5.75 Å². The van der Waals surface area contributed by atoms with Crippen LogP contribution in [0.4, 0.5) is 0 Å². The fraction of sp³-hybridized carbons (Fsp3) is 0.533. The van der Waals surface area contributed by atoms with E-state index in [4.69, 9.17) is 16.3 Å². The highest BCUT2D eigenvalue weighted by Gasteiger charge is 2.22. The van der Waals surface area contributed by atoms with Crippen LogP contribution in [0.3, 0.4) is 0 Å². The van der Waals surface area contributed by atoms with Gasteiger partial charge in [-0.25, -0.2) is 0 Å². The zero-order chi connectivity index (χ0) is 13.8. The summed E-state index contributed by atoms with van der Waals surface area (Å²) in [7, 11) is 1.57. The average molecular weight is 282 g/mol. The molecule has 1 aromatic rings. The van der Waals surface area contributed by atoms with Crippen molar-refractivity contribution < 1.29 is 9.53 Å². The normalized spacial score (nSPS) is 19.9. The molecule has 0 bridgehead atoms. The summed E-state index contributed by atoms with van der Waals surface area (Å²) in [4.78, 5) is 14.5. The average Bonchev–Trinajstić information content (AvgIpc) is 2.62. The van der Waals surface area contributed by atoms with Crippen LogP contribution in [0, 0.1) is 5.92 Å². The first-order valence-corrected chi connectivity index (χ1v) is 7.12. The van der Waals surface area contributed by atoms with Crippen molar-refractivity contribution in [3.8, 4) is 5.75 Å². The predicted molar refractivity (Wildman–Crippen MR) is 76.9 cm³/mol. The highest BCUT2D eigenvalue weighted by Crippen LogP contribution is 2.25. The molecule has 1 heterocycles. The molecule has 3 nitrogen and oxygen atoms in total. The van der Waals surface area contributed by atoms with Gasteiger partial charge in [0.25, 0.3) is 5.91 Å². The number of methoxy groups -OCH3 is 1. The number of amides is 1. The summed E-state index contributed by atoms with van der Waals surface area (Å²) in [5.41, 5.74) is 0.560. The fourth-order valence-electron chi connectivity index (χ4n) is 2.48. The van der Waals surface area contributed by atoms with E-state index in [1.165, 1.54) is 6.42 Å². The van der Waals surface area contributed by atoms with E-state index >= 15 is 0 Å². The van der Waals surface area contributed by atoms with Crippen LogP contribution in [0.1, 0.15) is 36.5 Å². The summed E-state index contributed by atoms with van der Waals surface area (Å²) in [5.74, 6) is 1.30. The Balaban J connectivity index is 2.21. The second kappa shape index (κ2) is 6.29. The molecule has 0 aliphatic carbocycles. The molecule has 1 aliphatic heterocycles. The lowest BCUT2D eigenvalue weighted by Crippen LogP contribution is -2.32. The van der Waals surface area contributed by atoms with Crippen LogP contribution in [-0.2, 0) is 0 Å². The molecule has 1 aromatic carbocycles. The van der Waals surface area contributed by atoms with Crippen LogP contribution in [-0.4, -0.2) is 31.0 Å². The molecule has 1 atom stereocenters. The van der Waals surface area contributed by atoms with E-state index in [-0.39, 0.29) is 5.91 Å². The fourth-order valence-corrected chi connectivity index (χ4v) is 2.66. The van der Waals surface area contributed by atoms with E-state index in [1.54, 1.807) is 25.3 Å². The summed E-state index contributed by atoms with van der Waals surface area (Å²) in [6, 6.07) is 5.18. The first-order valence-electron chi connectivity index (χ1n) is 6.74. The minimum absolute atomic E-state index is 0.0217. The monoisotopic (exact) mass is 281 g/mol. The van der Waals surface area contributed by atoms with Crippen molar-refractivity contribution in [1.29, 1.82) is 0 Å². The van der Waals surface area contributed by atoms with Gasteiger partial charge in [0.05, 0.1) is 12.7 Å². The van der Waals surface area contributed by atoms with Gasteiger partial charge in [-0.2, -0.15) is 0 Å². The molecular weight excluding hydrogens is 262 g/mol. The van der Waals surface area contributed by atoms with Crippen molar-refractivity contribution >= 4 is 17.5 Å². The smallest absolute Gasteiger partial charge is 0.257 e. The van der Waals surface area contributed by atoms with Crippen molar-refractivity contribution in [2.45, 2.75) is 26.2 Å². The molecule has 1 amide bonds. The number of hydrogen-bond acceptors (Lipinski definition) is 2. The standard InChI is InChI=1S/C15H20ClNO2/c1-11-4-3-8-17(9-7-11)15(18)13-10-12(16)5-6-14(13)19-2/h5-6,10-11H,3-4,7-9H2,1-2H3. The Kier molecular flexibility index (Phi) is 4.70. The van der Waals surface area contributed by atoms with Crippen molar-refractivity contribution in [2.24, 2.45) is 5.92 Å². The van der Waals surface area contributed by atoms with E-state index < -0.39 is 0 Å². The van der Waals surface area contributed by atoms with Crippen LogP contribution < -0.4 is 4.74 Å². The van der Waals surface area contributed by atoms with Gasteiger partial charge in [0.15, 0.2) is 0 Å². The lowest BCUT2D eigenvalue weighted by atomic mass is 10.0. The zero-order valence-electron chi connectivity index (χ0n) is 11.5. The van der Waals surface area contributed by atoms with Crippen LogP contribution in [0.15, 0.2) is 18.2 Å². The lowest BCUT2D eigenvalue weighted by Gasteiger charge is -2.21. The van der Waals surface area contributed by atoms with E-state index in [0.29, 0.717) is 22.3 Å². The minimum atomic E-state index is 0.0217. The Morgan fingerprint density at radius 1 is 1.37 bits per heavy atom. The maximum absolute atomic E-state index is 12.6. The number of likely N-dealkylation sites (tertiary alicyclic amines) is 1. The maximum Gasteiger partial charge on any atom is 0.257 e. The van der Waals surface area contributed by atoms with Gasteiger partial charge in [-0.05, 0) is 43.4 Å². The summed E-state index contributed by atoms with van der Waals surface area (Å²) in [6.07, 6.45) is 3.32. The number of carbonyl (C=O) groups is 1. The summed E-state index contributed by atoms with van der Waals surface area (Å²) in [6.45, 7) is 3.88. The lowest BCUT2D eigenvalue weighted by molar-refractivity contribution is 0.0757. The molecular formula is C15H20ClNO2. The highest BCUT2D eigenvalue weighted by atomic mass is 35.5. The van der Waals surface area contributed by atoms with Gasteiger partial charge in [-0.3, -0.25) is 4.79 Å². The summed E-state index contributed by atoms with van der Waals surface area (Å²) >= 11 is 5.99. The topological polar surface area (TPSA) is 29.5 Å². The first-order chi connectivity index (χ1) is 9.11. The predicted octanol–water partition coefficient (Wildman–Crippen LogP) is 3.61. The van der Waals surface area contributed by atoms with Crippen molar-refractivity contribution in [3.63, 3.8) is 0 Å². The number of carbonyl (C=O) groups excluding carboxylic acids is 1. The van der Waals surface area contributed by atoms with Gasteiger partial charge < -0.3 is 9.64 Å². The van der Waals surface area contributed by atoms with Gasteiger partial charge in [0.2, 0.25) is 0 Å². The number of nitrogens with zero attached hydrogens (tertiary/aromatic N) is 1. The van der Waals surface area contributed by atoms with Gasteiger partial charge >= 0.3 is 0 Å². The van der Waals surface area contributed by atoms with Crippen LogP contribution in [0.5, 0.6) is 5.75 Å². The molecule has 1 fully saturated rings. The van der Waals surface area contributed by atoms with E-state index in [9.17, 15) is 4.79 Å². The number of halogens is 1. The van der Waals surface area contributed by atoms with Crippen LogP contribution in [0.25, 0.3) is 0 Å². The SMILES string of the molecule is COc1ccc(Cl)cc1C(=O)N1CCCC(C)CC1. The number of benzene rings is 1. The Morgan fingerprint density at radius 2 is 2.16 bits per heavy atom. The Morgan fingerprint density at radius 3 is 2.89 bits per heavy atom. The van der Waals surface area contributed by atoms with Crippen molar-refractivity contribution in [2.75, 3.05) is 20.2 Å². The number of ether oxygens (including phenoxy) is 1. The molecule has 1 saturated heterocycles. The molecule has 0 radical (unpaired) electrons. The van der Waals surface area contributed by atoms with E-state index in [0.717, 1.165) is 25.9 Å². The molecule has 0 aromatic heterocycles. The van der Waals surface area contributed by atoms with E-state index in [2.05, 4.69) is 6.92 Å². The molecule has 0 saturated carbocycles. The maximum atomic E-state index is 12.6.